The van der Waals surface area contributed by atoms with E-state index in [4.69, 9.17) is 23.4 Å². The fourth-order valence-corrected chi connectivity index (χ4v) is 3.17. The Morgan fingerprint density at radius 3 is 2.37 bits per heavy atom. The standard InChI is InChI=1S/C23H24N2O10/c1-5-33-19(26)12-34-20-17(30-2)9-13(10-18(20)31-3)8-15-21(27)25(23(29)24-15)11-14-6-7-16(35-14)22(28)32-4/h6-10H,5,11-12H2,1-4H3,(H,24,29)/b15-8-. The fraction of sp³-hybridized carbons (Fsp3) is 0.304. The van der Waals surface area contributed by atoms with Crippen molar-refractivity contribution in [2.75, 3.05) is 34.5 Å². The van der Waals surface area contributed by atoms with Gasteiger partial charge in [0.2, 0.25) is 11.5 Å². The van der Waals surface area contributed by atoms with Crippen LogP contribution in [-0.4, -0.2) is 63.3 Å². The molecular weight excluding hydrogens is 464 g/mol. The van der Waals surface area contributed by atoms with Gasteiger partial charge in [0.05, 0.1) is 34.5 Å². The first kappa shape index (κ1) is 25.1. The predicted octanol–water partition coefficient (Wildman–Crippen LogP) is 2.12. The molecule has 3 amide bonds. The Bertz CT molecular complexity index is 1140. The van der Waals surface area contributed by atoms with E-state index < -0.39 is 23.9 Å². The number of rotatable bonds is 10. The van der Waals surface area contributed by atoms with E-state index in [-0.39, 0.29) is 54.2 Å². The molecule has 0 saturated carbocycles. The van der Waals surface area contributed by atoms with Crippen LogP contribution in [0, 0.1) is 0 Å². The Labute approximate surface area is 200 Å². The van der Waals surface area contributed by atoms with Crippen molar-refractivity contribution < 1.29 is 47.3 Å². The van der Waals surface area contributed by atoms with Gasteiger partial charge in [0, 0.05) is 0 Å². The lowest BCUT2D eigenvalue weighted by molar-refractivity contribution is -0.145. The fourth-order valence-electron chi connectivity index (χ4n) is 3.17. The van der Waals surface area contributed by atoms with Crippen molar-refractivity contribution in [1.29, 1.82) is 0 Å². The highest BCUT2D eigenvalue weighted by Crippen LogP contribution is 2.39. The number of carbonyl (C=O) groups excluding carboxylic acids is 4. The third-order valence-electron chi connectivity index (χ3n) is 4.76. The summed E-state index contributed by atoms with van der Waals surface area (Å²) in [6, 6.07) is 5.30. The van der Waals surface area contributed by atoms with Crippen molar-refractivity contribution in [2.24, 2.45) is 0 Å². The first-order valence-corrected chi connectivity index (χ1v) is 10.4. The van der Waals surface area contributed by atoms with Crippen LogP contribution in [-0.2, 0) is 25.6 Å². The van der Waals surface area contributed by atoms with E-state index in [1.165, 1.54) is 39.5 Å². The number of benzene rings is 1. The van der Waals surface area contributed by atoms with Crippen LogP contribution >= 0.6 is 0 Å². The Kier molecular flexibility index (Phi) is 7.97. The van der Waals surface area contributed by atoms with Gasteiger partial charge in [-0.1, -0.05) is 0 Å². The van der Waals surface area contributed by atoms with Crippen LogP contribution in [0.5, 0.6) is 17.2 Å². The van der Waals surface area contributed by atoms with Gasteiger partial charge in [-0.3, -0.25) is 9.69 Å². The molecule has 2 heterocycles. The van der Waals surface area contributed by atoms with E-state index in [1.54, 1.807) is 19.1 Å². The lowest BCUT2D eigenvalue weighted by atomic mass is 10.1. The monoisotopic (exact) mass is 488 g/mol. The molecule has 2 aromatic rings. The van der Waals surface area contributed by atoms with Crippen molar-refractivity contribution in [3.63, 3.8) is 0 Å². The molecule has 3 rings (SSSR count). The number of imide groups is 1. The van der Waals surface area contributed by atoms with E-state index in [1.807, 2.05) is 0 Å². The Morgan fingerprint density at radius 1 is 1.09 bits per heavy atom. The van der Waals surface area contributed by atoms with Gasteiger partial charge in [-0.05, 0) is 42.8 Å². The van der Waals surface area contributed by atoms with Gasteiger partial charge in [0.25, 0.3) is 5.91 Å². The Balaban J connectivity index is 1.81. The largest absolute Gasteiger partial charge is 0.493 e. The topological polar surface area (TPSA) is 143 Å². The van der Waals surface area contributed by atoms with Crippen LogP contribution in [0.4, 0.5) is 4.79 Å². The number of amides is 3. The quantitative estimate of drug-likeness (QED) is 0.300. The van der Waals surface area contributed by atoms with Crippen molar-refractivity contribution in [3.8, 4) is 17.2 Å². The first-order chi connectivity index (χ1) is 16.8. The number of nitrogens with one attached hydrogen (secondary N) is 1. The molecule has 1 aliphatic rings. The summed E-state index contributed by atoms with van der Waals surface area (Å²) >= 11 is 0. The van der Waals surface area contributed by atoms with Crippen LogP contribution < -0.4 is 19.5 Å². The molecule has 0 unspecified atom stereocenters. The normalized spacial score (nSPS) is 14.1. The summed E-state index contributed by atoms with van der Waals surface area (Å²) in [5, 5.41) is 2.50. The van der Waals surface area contributed by atoms with Gasteiger partial charge < -0.3 is 33.4 Å². The minimum Gasteiger partial charge on any atom is -0.493 e. The number of methoxy groups -OCH3 is 3. The molecule has 1 N–H and O–H groups in total. The summed E-state index contributed by atoms with van der Waals surface area (Å²) in [4.78, 5) is 49.3. The highest BCUT2D eigenvalue weighted by atomic mass is 16.6. The third-order valence-corrected chi connectivity index (χ3v) is 4.76. The number of furan rings is 1. The first-order valence-electron chi connectivity index (χ1n) is 10.4. The van der Waals surface area contributed by atoms with E-state index in [9.17, 15) is 19.2 Å². The molecule has 0 atom stereocenters. The molecule has 0 bridgehead atoms. The Morgan fingerprint density at radius 2 is 1.77 bits per heavy atom. The lowest BCUT2D eigenvalue weighted by Crippen LogP contribution is -2.30. The number of hydrogen-bond donors (Lipinski definition) is 1. The molecule has 12 nitrogen and oxygen atoms in total. The van der Waals surface area contributed by atoms with Crippen LogP contribution in [0.2, 0.25) is 0 Å². The average Bonchev–Trinajstić information content (AvgIpc) is 3.42. The zero-order valence-electron chi connectivity index (χ0n) is 19.5. The molecule has 186 valence electrons. The maximum atomic E-state index is 12.8. The predicted molar refractivity (Wildman–Crippen MR) is 119 cm³/mol. The average molecular weight is 488 g/mol. The summed E-state index contributed by atoms with van der Waals surface area (Å²) in [5.74, 6) is -1.01. The molecular formula is C23H24N2O10. The van der Waals surface area contributed by atoms with E-state index in [2.05, 4.69) is 10.1 Å². The molecule has 12 heteroatoms. The molecule has 1 saturated heterocycles. The molecule has 1 aromatic carbocycles. The third kappa shape index (κ3) is 5.72. The van der Waals surface area contributed by atoms with Crippen LogP contribution in [0.25, 0.3) is 6.08 Å². The van der Waals surface area contributed by atoms with Crippen LogP contribution in [0.15, 0.2) is 34.4 Å². The second-order valence-corrected chi connectivity index (χ2v) is 6.99. The second-order valence-electron chi connectivity index (χ2n) is 6.99. The number of nitrogens with zero attached hydrogens (tertiary/aromatic N) is 1. The number of carbonyl (C=O) groups is 4. The summed E-state index contributed by atoms with van der Waals surface area (Å²) in [6.45, 7) is 1.35. The number of esters is 2. The van der Waals surface area contributed by atoms with Crippen LogP contribution in [0.1, 0.15) is 28.8 Å². The van der Waals surface area contributed by atoms with Gasteiger partial charge in [-0.2, -0.15) is 0 Å². The molecule has 1 aromatic heterocycles. The van der Waals surface area contributed by atoms with Gasteiger partial charge in [-0.25, -0.2) is 14.4 Å². The van der Waals surface area contributed by atoms with E-state index >= 15 is 0 Å². The molecule has 0 spiro atoms. The molecule has 1 fully saturated rings. The van der Waals surface area contributed by atoms with Crippen molar-refractivity contribution in [1.82, 2.24) is 10.2 Å². The van der Waals surface area contributed by atoms with E-state index in [0.29, 0.717) is 5.56 Å². The Hall–Kier alpha value is -4.48. The summed E-state index contributed by atoms with van der Waals surface area (Å²) in [6.07, 6.45) is 1.43. The highest BCUT2D eigenvalue weighted by molar-refractivity contribution is 6.13. The van der Waals surface area contributed by atoms with Crippen molar-refractivity contribution >= 4 is 30.0 Å². The van der Waals surface area contributed by atoms with Gasteiger partial charge in [0.1, 0.15) is 11.5 Å². The summed E-state index contributed by atoms with van der Waals surface area (Å²) in [5.41, 5.74) is 0.456. The maximum absolute atomic E-state index is 12.8. The number of hydrogen-bond acceptors (Lipinski definition) is 10. The molecule has 35 heavy (non-hydrogen) atoms. The minimum atomic E-state index is -0.674. The maximum Gasteiger partial charge on any atom is 0.373 e. The summed E-state index contributed by atoms with van der Waals surface area (Å²) < 4.78 is 30.9. The van der Waals surface area contributed by atoms with Crippen molar-refractivity contribution in [3.05, 3.63) is 47.0 Å². The molecule has 0 aliphatic carbocycles. The van der Waals surface area contributed by atoms with Crippen molar-refractivity contribution in [2.45, 2.75) is 13.5 Å². The smallest absolute Gasteiger partial charge is 0.373 e. The zero-order valence-corrected chi connectivity index (χ0v) is 19.5. The summed E-state index contributed by atoms with van der Waals surface area (Å²) in [7, 11) is 4.01. The van der Waals surface area contributed by atoms with Gasteiger partial charge in [-0.15, -0.1) is 0 Å². The minimum absolute atomic E-state index is 0.000884. The second kappa shape index (κ2) is 11.1. The van der Waals surface area contributed by atoms with Gasteiger partial charge >= 0.3 is 18.0 Å². The van der Waals surface area contributed by atoms with Crippen LogP contribution in [0.3, 0.4) is 0 Å². The van der Waals surface area contributed by atoms with Gasteiger partial charge in [0.15, 0.2) is 18.1 Å². The lowest BCUT2D eigenvalue weighted by Gasteiger charge is -2.15. The number of ether oxygens (including phenoxy) is 5. The zero-order chi connectivity index (χ0) is 25.5. The number of urea groups is 1. The van der Waals surface area contributed by atoms with E-state index in [0.717, 1.165) is 4.90 Å². The molecule has 0 radical (unpaired) electrons. The molecule has 1 aliphatic heterocycles. The SMILES string of the molecule is CCOC(=O)COc1c(OC)cc(/C=C2\NC(=O)N(Cc3ccc(C(=O)OC)o3)C2=O)cc1OC. The highest BCUT2D eigenvalue weighted by Gasteiger charge is 2.34.